The summed E-state index contributed by atoms with van der Waals surface area (Å²) in [6.45, 7) is -1.26. The van der Waals surface area contributed by atoms with Crippen molar-refractivity contribution in [2.75, 3.05) is 13.1 Å². The van der Waals surface area contributed by atoms with E-state index < -0.39 is 30.6 Å². The first kappa shape index (κ1) is 24.5. The lowest BCUT2D eigenvalue weighted by atomic mass is 10.1. The second-order valence-corrected chi connectivity index (χ2v) is 6.04. The number of pyridine rings is 1. The molecule has 0 aliphatic heterocycles. The van der Waals surface area contributed by atoms with Crippen LogP contribution < -0.4 is 21.5 Å². The molecular formula is C14H15F6N7S2. The summed E-state index contributed by atoms with van der Waals surface area (Å²) in [6, 6.07) is 3.15. The maximum atomic E-state index is 12.2. The average Bonchev–Trinajstić information content (AvgIpc) is 2.63. The fraction of sp³-hybridized carbons (Fsp3) is 0.357. The van der Waals surface area contributed by atoms with Crippen LogP contribution in [0.1, 0.15) is 12.5 Å². The lowest BCUT2D eigenvalue weighted by Gasteiger charge is -2.12. The van der Waals surface area contributed by atoms with Crippen molar-refractivity contribution in [3.8, 4) is 0 Å². The van der Waals surface area contributed by atoms with Crippen LogP contribution in [0.4, 0.5) is 26.3 Å². The van der Waals surface area contributed by atoms with Crippen LogP contribution in [-0.2, 0) is 0 Å². The van der Waals surface area contributed by atoms with Crippen molar-refractivity contribution in [2.24, 2.45) is 10.2 Å². The van der Waals surface area contributed by atoms with E-state index in [0.717, 1.165) is 0 Å². The number of hydrazone groups is 2. The van der Waals surface area contributed by atoms with Gasteiger partial charge in [-0.3, -0.25) is 15.8 Å². The minimum Gasteiger partial charge on any atom is -0.352 e. The van der Waals surface area contributed by atoms with E-state index in [1.165, 1.54) is 19.3 Å². The van der Waals surface area contributed by atoms with Crippen LogP contribution in [0.3, 0.4) is 0 Å². The number of nitrogens with zero attached hydrogens (tertiary/aromatic N) is 3. The van der Waals surface area contributed by atoms with Crippen molar-refractivity contribution in [2.45, 2.75) is 19.3 Å². The molecule has 0 saturated carbocycles. The average molecular weight is 459 g/mol. The Hall–Kier alpha value is -2.55. The van der Waals surface area contributed by atoms with Gasteiger partial charge in [-0.15, -0.1) is 0 Å². The van der Waals surface area contributed by atoms with Gasteiger partial charge in [0.25, 0.3) is 0 Å². The van der Waals surface area contributed by atoms with E-state index in [9.17, 15) is 26.3 Å². The van der Waals surface area contributed by atoms with Crippen molar-refractivity contribution in [1.29, 1.82) is 0 Å². The van der Waals surface area contributed by atoms with Crippen LogP contribution in [0.2, 0.25) is 0 Å². The molecule has 4 N–H and O–H groups in total. The number of hydrogen-bond donors (Lipinski definition) is 4. The van der Waals surface area contributed by atoms with E-state index in [4.69, 9.17) is 12.2 Å². The zero-order chi connectivity index (χ0) is 22.1. The number of thiocarbonyl (C=S) groups is 2. The van der Waals surface area contributed by atoms with Gasteiger partial charge in [0.15, 0.2) is 10.2 Å². The van der Waals surface area contributed by atoms with Crippen LogP contribution in [0.15, 0.2) is 34.7 Å². The summed E-state index contributed by atoms with van der Waals surface area (Å²) in [7, 11) is 0. The summed E-state index contributed by atoms with van der Waals surface area (Å²) >= 11 is 9.40. The van der Waals surface area contributed by atoms with E-state index in [2.05, 4.69) is 38.3 Å². The molecule has 0 aromatic carbocycles. The summed E-state index contributed by atoms with van der Waals surface area (Å²) < 4.78 is 73.1. The maximum absolute atomic E-state index is 12.2. The van der Waals surface area contributed by atoms with Gasteiger partial charge >= 0.3 is 12.4 Å². The fourth-order valence-electron chi connectivity index (χ4n) is 1.59. The summed E-state index contributed by atoms with van der Waals surface area (Å²) in [5, 5.41) is 10.8. The molecule has 0 saturated heterocycles. The molecule has 0 bridgehead atoms. The molecule has 0 amide bonds. The van der Waals surface area contributed by atoms with Gasteiger partial charge in [-0.25, -0.2) is 0 Å². The normalized spacial score (nSPS) is 12.9. The molecule has 160 valence electrons. The van der Waals surface area contributed by atoms with Crippen LogP contribution >= 0.6 is 24.4 Å². The van der Waals surface area contributed by atoms with Crippen molar-refractivity contribution >= 4 is 46.1 Å². The van der Waals surface area contributed by atoms with E-state index >= 15 is 0 Å². The highest BCUT2D eigenvalue weighted by atomic mass is 32.1. The largest absolute Gasteiger partial charge is 0.405 e. The Morgan fingerprint density at radius 2 is 1.48 bits per heavy atom. The molecular weight excluding hydrogens is 444 g/mol. The third-order valence-electron chi connectivity index (χ3n) is 2.77. The molecule has 1 aromatic heterocycles. The molecule has 29 heavy (non-hydrogen) atoms. The SMILES string of the molecule is CC(=N\NC(=S)NCC(F)(F)F)/C(=N/NC(=S)NCC(F)(F)F)c1cccnc1. The minimum atomic E-state index is -4.47. The Morgan fingerprint density at radius 3 is 1.93 bits per heavy atom. The van der Waals surface area contributed by atoms with Gasteiger partial charge in [-0.2, -0.15) is 36.5 Å². The van der Waals surface area contributed by atoms with E-state index in [1.807, 2.05) is 10.6 Å². The van der Waals surface area contributed by atoms with Crippen LogP contribution in [0.25, 0.3) is 0 Å². The van der Waals surface area contributed by atoms with Gasteiger partial charge in [0.2, 0.25) is 0 Å². The van der Waals surface area contributed by atoms with Gasteiger partial charge in [-0.1, -0.05) is 0 Å². The number of hydrogen-bond acceptors (Lipinski definition) is 5. The minimum absolute atomic E-state index is 0.111. The van der Waals surface area contributed by atoms with Gasteiger partial charge < -0.3 is 10.6 Å². The Bertz CT molecular complexity index is 762. The molecule has 1 aromatic rings. The lowest BCUT2D eigenvalue weighted by molar-refractivity contribution is -0.122. The predicted octanol–water partition coefficient (Wildman–Crippen LogP) is 2.21. The van der Waals surface area contributed by atoms with E-state index in [1.54, 1.807) is 12.1 Å². The number of nitrogens with one attached hydrogen (secondary N) is 4. The van der Waals surface area contributed by atoms with Crippen molar-refractivity contribution in [1.82, 2.24) is 26.5 Å². The van der Waals surface area contributed by atoms with Gasteiger partial charge in [0.1, 0.15) is 18.8 Å². The van der Waals surface area contributed by atoms with Crippen LogP contribution in [0, 0.1) is 0 Å². The van der Waals surface area contributed by atoms with Gasteiger partial charge in [0, 0.05) is 18.0 Å². The maximum Gasteiger partial charge on any atom is 0.405 e. The Morgan fingerprint density at radius 1 is 0.966 bits per heavy atom. The molecule has 0 radical (unpaired) electrons. The van der Waals surface area contributed by atoms with Gasteiger partial charge in [-0.05, 0) is 43.5 Å². The molecule has 0 aliphatic rings. The highest BCUT2D eigenvalue weighted by Gasteiger charge is 2.27. The zero-order valence-electron chi connectivity index (χ0n) is 14.6. The predicted molar refractivity (Wildman–Crippen MR) is 103 cm³/mol. The first-order valence-corrected chi connectivity index (χ1v) is 8.43. The first-order valence-electron chi connectivity index (χ1n) is 7.61. The topological polar surface area (TPSA) is 85.7 Å². The molecule has 1 heterocycles. The monoisotopic (exact) mass is 459 g/mol. The molecule has 0 fully saturated rings. The third kappa shape index (κ3) is 11.1. The molecule has 7 nitrogen and oxygen atoms in total. The van der Waals surface area contributed by atoms with Crippen molar-refractivity contribution < 1.29 is 26.3 Å². The van der Waals surface area contributed by atoms with Crippen LogP contribution in [0.5, 0.6) is 0 Å². The highest BCUT2D eigenvalue weighted by Crippen LogP contribution is 2.12. The Balaban J connectivity index is 2.87. The standard InChI is InChI=1S/C14H15F6N7S2/c1-8(24-26-11(28)22-6-13(15,16)17)10(9-3-2-4-21-5-9)25-27-12(29)23-7-14(18,19)20/h2-5H,6-7H2,1H3,(H2,22,26,28)(H2,23,27,29)/b24-8+,25-10-. The number of halogens is 6. The van der Waals surface area contributed by atoms with E-state index in [0.29, 0.717) is 5.56 Å². The smallest absolute Gasteiger partial charge is 0.352 e. The summed E-state index contributed by atoms with van der Waals surface area (Å²) in [5.74, 6) is 0. The quantitative estimate of drug-likeness (QED) is 0.225. The molecule has 0 spiro atoms. The Labute approximate surface area is 172 Å². The fourth-order valence-corrected chi connectivity index (χ4v) is 1.83. The third-order valence-corrected chi connectivity index (χ3v) is 3.24. The lowest BCUT2D eigenvalue weighted by Crippen LogP contribution is -2.40. The number of aromatic nitrogens is 1. The van der Waals surface area contributed by atoms with Crippen molar-refractivity contribution in [3.05, 3.63) is 30.1 Å². The molecule has 0 aliphatic carbocycles. The summed E-state index contributed by atoms with van der Waals surface area (Å²) in [5.41, 5.74) is 5.13. The molecule has 0 atom stereocenters. The number of alkyl halides is 6. The second-order valence-electron chi connectivity index (χ2n) is 5.22. The van der Waals surface area contributed by atoms with E-state index in [-0.39, 0.29) is 16.5 Å². The molecule has 1 rings (SSSR count). The zero-order valence-corrected chi connectivity index (χ0v) is 16.3. The summed E-state index contributed by atoms with van der Waals surface area (Å²) in [4.78, 5) is 3.89. The number of rotatable bonds is 6. The molecule has 0 unspecified atom stereocenters. The second kappa shape index (κ2) is 10.8. The Kier molecular flexibility index (Phi) is 9.16. The van der Waals surface area contributed by atoms with Crippen LogP contribution in [-0.4, -0.2) is 52.1 Å². The summed E-state index contributed by atoms with van der Waals surface area (Å²) in [6.07, 6.45) is -6.06. The molecule has 15 heteroatoms. The van der Waals surface area contributed by atoms with Crippen molar-refractivity contribution in [3.63, 3.8) is 0 Å². The van der Waals surface area contributed by atoms with Gasteiger partial charge in [0.05, 0.1) is 5.71 Å². The highest BCUT2D eigenvalue weighted by molar-refractivity contribution is 7.80. The first-order chi connectivity index (χ1) is 13.4.